The Balaban J connectivity index is 2.32. The van der Waals surface area contributed by atoms with Gasteiger partial charge in [0.25, 0.3) is 0 Å². The summed E-state index contributed by atoms with van der Waals surface area (Å²) in [5.41, 5.74) is 0. The van der Waals surface area contributed by atoms with Crippen LogP contribution in [0.5, 0.6) is 0 Å². The maximum Gasteiger partial charge on any atom is 0.224 e. The lowest BCUT2D eigenvalue weighted by molar-refractivity contribution is 0.163. The minimum absolute atomic E-state index is 0.185. The Bertz CT molecular complexity index is 351. The molecule has 0 bridgehead atoms. The van der Waals surface area contributed by atoms with Gasteiger partial charge < -0.3 is 15.0 Å². The van der Waals surface area contributed by atoms with Crippen LogP contribution >= 0.6 is 23.2 Å². The molecule has 0 amide bonds. The normalized spacial score (nSPS) is 10.9. The highest BCUT2D eigenvalue weighted by molar-refractivity contribution is 6.33. The van der Waals surface area contributed by atoms with Crippen molar-refractivity contribution in [1.82, 2.24) is 14.9 Å². The van der Waals surface area contributed by atoms with Gasteiger partial charge in [0.2, 0.25) is 5.28 Å². The van der Waals surface area contributed by atoms with Gasteiger partial charge in [-0.15, -0.1) is 0 Å². The van der Waals surface area contributed by atoms with Gasteiger partial charge >= 0.3 is 0 Å². The first-order valence-electron chi connectivity index (χ1n) is 5.23. The zero-order valence-electron chi connectivity index (χ0n) is 9.91. The van der Waals surface area contributed by atoms with Crippen molar-refractivity contribution < 1.29 is 4.74 Å². The SMILES string of the molecule is COCCN(C)CCNc1nc(Cl)ncc1Cl. The molecular weight excluding hydrogens is 263 g/mol. The van der Waals surface area contributed by atoms with E-state index in [2.05, 4.69) is 20.2 Å². The highest BCUT2D eigenvalue weighted by Gasteiger charge is 2.04. The lowest BCUT2D eigenvalue weighted by atomic mass is 10.5. The van der Waals surface area contributed by atoms with Crippen LogP contribution < -0.4 is 5.32 Å². The molecule has 0 aromatic carbocycles. The molecule has 1 aromatic heterocycles. The number of hydrogen-bond donors (Lipinski definition) is 1. The van der Waals surface area contributed by atoms with Gasteiger partial charge in [-0.3, -0.25) is 0 Å². The second-order valence-electron chi connectivity index (χ2n) is 3.56. The minimum atomic E-state index is 0.185. The largest absolute Gasteiger partial charge is 0.383 e. The van der Waals surface area contributed by atoms with E-state index in [4.69, 9.17) is 27.9 Å². The van der Waals surface area contributed by atoms with Crippen molar-refractivity contribution in [1.29, 1.82) is 0 Å². The average Bonchev–Trinajstić information content (AvgIpc) is 2.31. The smallest absolute Gasteiger partial charge is 0.224 e. The molecule has 0 atom stereocenters. The molecule has 96 valence electrons. The van der Waals surface area contributed by atoms with Crippen LogP contribution in [0.25, 0.3) is 0 Å². The fraction of sp³-hybridized carbons (Fsp3) is 0.600. The third kappa shape index (κ3) is 5.50. The zero-order valence-corrected chi connectivity index (χ0v) is 11.4. The molecule has 0 saturated heterocycles. The topological polar surface area (TPSA) is 50.3 Å². The number of rotatable bonds is 7. The molecule has 1 rings (SSSR count). The van der Waals surface area contributed by atoms with E-state index in [0.29, 0.717) is 10.8 Å². The van der Waals surface area contributed by atoms with Gasteiger partial charge in [-0.25, -0.2) is 4.98 Å². The number of nitrogens with one attached hydrogen (secondary N) is 1. The fourth-order valence-electron chi connectivity index (χ4n) is 1.19. The number of nitrogens with zero attached hydrogens (tertiary/aromatic N) is 3. The van der Waals surface area contributed by atoms with Crippen molar-refractivity contribution in [2.75, 3.05) is 45.7 Å². The Hall–Kier alpha value is -0.620. The number of likely N-dealkylation sites (N-methyl/N-ethyl adjacent to an activating group) is 1. The van der Waals surface area contributed by atoms with E-state index in [1.165, 1.54) is 6.20 Å². The standard InChI is InChI=1S/C10H16Cl2N4O/c1-16(5-6-17-2)4-3-13-9-8(11)7-14-10(12)15-9/h7H,3-6H2,1-2H3,(H,13,14,15). The summed E-state index contributed by atoms with van der Waals surface area (Å²) in [6, 6.07) is 0. The maximum atomic E-state index is 5.92. The lowest BCUT2D eigenvalue weighted by Crippen LogP contribution is -2.28. The van der Waals surface area contributed by atoms with Crippen LogP contribution in [0.4, 0.5) is 5.82 Å². The molecule has 1 aromatic rings. The molecule has 1 N–H and O–H groups in total. The molecule has 5 nitrogen and oxygen atoms in total. The molecular formula is C10H16Cl2N4O. The van der Waals surface area contributed by atoms with E-state index in [-0.39, 0.29) is 5.28 Å². The van der Waals surface area contributed by atoms with Crippen LogP contribution in [0.2, 0.25) is 10.3 Å². The maximum absolute atomic E-state index is 5.92. The van der Waals surface area contributed by atoms with Crippen molar-refractivity contribution in [3.63, 3.8) is 0 Å². The van der Waals surface area contributed by atoms with E-state index in [9.17, 15) is 0 Å². The molecule has 0 aliphatic rings. The molecule has 7 heteroatoms. The predicted molar refractivity (Wildman–Crippen MR) is 69.9 cm³/mol. The van der Waals surface area contributed by atoms with Crippen molar-refractivity contribution in [2.24, 2.45) is 0 Å². The summed E-state index contributed by atoms with van der Waals surface area (Å²) < 4.78 is 4.99. The summed E-state index contributed by atoms with van der Waals surface area (Å²) in [5, 5.41) is 3.76. The van der Waals surface area contributed by atoms with Gasteiger partial charge in [0, 0.05) is 26.7 Å². The number of halogens is 2. The van der Waals surface area contributed by atoms with E-state index in [1.807, 2.05) is 7.05 Å². The van der Waals surface area contributed by atoms with Crippen LogP contribution in [-0.2, 0) is 4.74 Å². The summed E-state index contributed by atoms with van der Waals surface area (Å²) >= 11 is 11.6. The first kappa shape index (κ1) is 14.4. The lowest BCUT2D eigenvalue weighted by Gasteiger charge is -2.16. The number of hydrogen-bond acceptors (Lipinski definition) is 5. The van der Waals surface area contributed by atoms with Gasteiger partial charge in [0.05, 0.1) is 12.8 Å². The summed E-state index contributed by atoms with van der Waals surface area (Å²) in [4.78, 5) is 9.92. The van der Waals surface area contributed by atoms with Crippen LogP contribution in [0, 0.1) is 0 Å². The molecule has 0 radical (unpaired) electrons. The first-order chi connectivity index (χ1) is 8.13. The molecule has 0 saturated carbocycles. The van der Waals surface area contributed by atoms with Gasteiger partial charge in [-0.2, -0.15) is 4.98 Å². The molecule has 0 unspecified atom stereocenters. The zero-order chi connectivity index (χ0) is 12.7. The van der Waals surface area contributed by atoms with Crippen molar-refractivity contribution in [2.45, 2.75) is 0 Å². The Kier molecular flexibility index (Phi) is 6.50. The van der Waals surface area contributed by atoms with E-state index in [0.717, 1.165) is 26.2 Å². The van der Waals surface area contributed by atoms with Gasteiger partial charge in [0.15, 0.2) is 0 Å². The predicted octanol–water partition coefficient (Wildman–Crippen LogP) is 1.77. The van der Waals surface area contributed by atoms with Gasteiger partial charge in [0.1, 0.15) is 10.8 Å². The average molecular weight is 279 g/mol. The highest BCUT2D eigenvalue weighted by atomic mass is 35.5. The highest BCUT2D eigenvalue weighted by Crippen LogP contribution is 2.18. The van der Waals surface area contributed by atoms with Crippen LogP contribution in [0.3, 0.4) is 0 Å². The second kappa shape index (κ2) is 7.66. The van der Waals surface area contributed by atoms with E-state index >= 15 is 0 Å². The fourth-order valence-corrected chi connectivity index (χ4v) is 1.48. The Morgan fingerprint density at radius 2 is 2.18 bits per heavy atom. The van der Waals surface area contributed by atoms with E-state index < -0.39 is 0 Å². The number of methoxy groups -OCH3 is 1. The van der Waals surface area contributed by atoms with Gasteiger partial charge in [-0.1, -0.05) is 11.6 Å². The third-order valence-corrected chi connectivity index (χ3v) is 2.64. The molecule has 0 aliphatic heterocycles. The van der Waals surface area contributed by atoms with Gasteiger partial charge in [-0.05, 0) is 18.6 Å². The van der Waals surface area contributed by atoms with Crippen molar-refractivity contribution in [3.8, 4) is 0 Å². The third-order valence-electron chi connectivity index (χ3n) is 2.18. The number of aromatic nitrogens is 2. The quantitative estimate of drug-likeness (QED) is 0.771. The van der Waals surface area contributed by atoms with Crippen LogP contribution in [-0.4, -0.2) is 55.3 Å². The Morgan fingerprint density at radius 3 is 2.88 bits per heavy atom. The first-order valence-corrected chi connectivity index (χ1v) is 5.98. The minimum Gasteiger partial charge on any atom is -0.383 e. The second-order valence-corrected chi connectivity index (χ2v) is 4.30. The monoisotopic (exact) mass is 278 g/mol. The van der Waals surface area contributed by atoms with Crippen LogP contribution in [0.1, 0.15) is 0 Å². The summed E-state index contributed by atoms with van der Waals surface area (Å²) in [6.07, 6.45) is 1.48. The molecule has 1 heterocycles. The van der Waals surface area contributed by atoms with Crippen molar-refractivity contribution in [3.05, 3.63) is 16.5 Å². The Labute approximate surface area is 111 Å². The number of ether oxygens (including phenoxy) is 1. The van der Waals surface area contributed by atoms with Crippen molar-refractivity contribution >= 4 is 29.0 Å². The van der Waals surface area contributed by atoms with E-state index in [1.54, 1.807) is 7.11 Å². The molecule has 0 aliphatic carbocycles. The molecule has 17 heavy (non-hydrogen) atoms. The molecule has 0 spiro atoms. The Morgan fingerprint density at radius 1 is 1.41 bits per heavy atom. The molecule has 0 fully saturated rings. The number of anilines is 1. The summed E-state index contributed by atoms with van der Waals surface area (Å²) in [7, 11) is 3.71. The van der Waals surface area contributed by atoms with Crippen LogP contribution in [0.15, 0.2) is 6.20 Å². The summed E-state index contributed by atoms with van der Waals surface area (Å²) in [6.45, 7) is 3.20. The summed E-state index contributed by atoms with van der Waals surface area (Å²) in [5.74, 6) is 0.562.